The van der Waals surface area contributed by atoms with E-state index in [2.05, 4.69) is 267 Å². The van der Waals surface area contributed by atoms with Crippen molar-refractivity contribution in [2.45, 2.75) is 19.3 Å². The van der Waals surface area contributed by atoms with Gasteiger partial charge >= 0.3 is 0 Å². The molecule has 0 amide bonds. The lowest BCUT2D eigenvalue weighted by atomic mass is 9.82. The van der Waals surface area contributed by atoms with Gasteiger partial charge in [-0.1, -0.05) is 226 Å². The van der Waals surface area contributed by atoms with Gasteiger partial charge in [-0.15, -0.1) is 0 Å². The van der Waals surface area contributed by atoms with Crippen LogP contribution in [0.5, 0.6) is 0 Å². The van der Waals surface area contributed by atoms with Crippen LogP contribution in [0.15, 0.2) is 249 Å². The third-order valence-electron chi connectivity index (χ3n) is 14.7. The van der Waals surface area contributed by atoms with Crippen LogP contribution >= 0.6 is 0 Å². The summed E-state index contributed by atoms with van der Waals surface area (Å²) in [7, 11) is 0. The van der Waals surface area contributed by atoms with Gasteiger partial charge in [0.05, 0.1) is 5.69 Å². The van der Waals surface area contributed by atoms with Gasteiger partial charge in [-0.3, -0.25) is 0 Å². The van der Waals surface area contributed by atoms with E-state index in [0.717, 1.165) is 17.1 Å². The van der Waals surface area contributed by atoms with E-state index in [9.17, 15) is 0 Å². The van der Waals surface area contributed by atoms with Crippen LogP contribution in [-0.4, -0.2) is 0 Å². The van der Waals surface area contributed by atoms with E-state index in [1.54, 1.807) is 0 Å². The average Bonchev–Trinajstić information content (AvgIpc) is 3.63. The first-order valence-corrected chi connectivity index (χ1v) is 23.7. The molecule has 0 saturated carbocycles. The van der Waals surface area contributed by atoms with Gasteiger partial charge in [0.2, 0.25) is 0 Å². The molecule has 0 aromatic heterocycles. The molecule has 0 unspecified atom stereocenters. The molecule has 1 nitrogen and oxygen atoms in total. The van der Waals surface area contributed by atoms with E-state index >= 15 is 0 Å². The van der Waals surface area contributed by atoms with Gasteiger partial charge in [-0.2, -0.15) is 0 Å². The number of anilines is 3. The van der Waals surface area contributed by atoms with E-state index in [1.807, 2.05) is 0 Å². The zero-order valence-electron chi connectivity index (χ0n) is 38.1. The maximum atomic E-state index is 2.44. The second-order valence-corrected chi connectivity index (χ2v) is 18.8. The molecule has 68 heavy (non-hydrogen) atoms. The molecular weight excluding hydrogens is 819 g/mol. The van der Waals surface area contributed by atoms with Gasteiger partial charge in [0.1, 0.15) is 0 Å². The minimum atomic E-state index is -0.121. The monoisotopic (exact) mass is 865 g/mol. The highest BCUT2D eigenvalue weighted by Gasteiger charge is 2.36. The molecule has 13 rings (SSSR count). The molecule has 320 valence electrons. The van der Waals surface area contributed by atoms with Crippen molar-refractivity contribution >= 4 is 49.4 Å². The molecule has 0 aliphatic heterocycles. The highest BCUT2D eigenvalue weighted by Crippen LogP contribution is 2.51. The van der Waals surface area contributed by atoms with Gasteiger partial charge < -0.3 is 4.90 Å². The Morgan fingerprint density at radius 2 is 0.779 bits per heavy atom. The highest BCUT2D eigenvalue weighted by molar-refractivity contribution is 6.25. The van der Waals surface area contributed by atoms with Crippen molar-refractivity contribution in [3.05, 3.63) is 260 Å². The van der Waals surface area contributed by atoms with Crippen molar-refractivity contribution in [1.29, 1.82) is 0 Å². The number of rotatable bonds is 8. The van der Waals surface area contributed by atoms with Crippen molar-refractivity contribution in [2.75, 3.05) is 4.90 Å². The van der Waals surface area contributed by atoms with E-state index in [-0.39, 0.29) is 5.41 Å². The predicted octanol–water partition coefficient (Wildman–Crippen LogP) is 18.7. The Balaban J connectivity index is 0.902. The zero-order valence-corrected chi connectivity index (χ0v) is 38.1. The molecule has 0 heterocycles. The molecule has 0 atom stereocenters. The molecule has 1 aliphatic rings. The van der Waals surface area contributed by atoms with Gasteiger partial charge in [0, 0.05) is 22.4 Å². The summed E-state index contributed by atoms with van der Waals surface area (Å²) < 4.78 is 0. The van der Waals surface area contributed by atoms with Crippen LogP contribution in [-0.2, 0) is 5.41 Å². The van der Waals surface area contributed by atoms with E-state index in [1.165, 1.54) is 110 Å². The van der Waals surface area contributed by atoms with Gasteiger partial charge in [0.25, 0.3) is 0 Å². The van der Waals surface area contributed by atoms with Gasteiger partial charge in [0.15, 0.2) is 0 Å². The zero-order chi connectivity index (χ0) is 45.3. The summed E-state index contributed by atoms with van der Waals surface area (Å²) in [4.78, 5) is 2.44. The maximum absolute atomic E-state index is 2.44. The van der Waals surface area contributed by atoms with Crippen LogP contribution in [0.1, 0.15) is 25.0 Å². The Labute approximate surface area is 398 Å². The summed E-state index contributed by atoms with van der Waals surface area (Å²) in [6, 6.07) is 91.9. The summed E-state index contributed by atoms with van der Waals surface area (Å²) in [6.07, 6.45) is 0. The van der Waals surface area contributed by atoms with Crippen LogP contribution in [0, 0.1) is 0 Å². The van der Waals surface area contributed by atoms with E-state index in [0.29, 0.717) is 0 Å². The Morgan fingerprint density at radius 3 is 1.51 bits per heavy atom. The number of hydrogen-bond donors (Lipinski definition) is 0. The molecule has 0 bridgehead atoms. The molecule has 0 saturated heterocycles. The smallest absolute Gasteiger partial charge is 0.0540 e. The molecule has 0 N–H and O–H groups in total. The van der Waals surface area contributed by atoms with E-state index in [4.69, 9.17) is 0 Å². The Morgan fingerprint density at radius 1 is 0.279 bits per heavy atom. The lowest BCUT2D eigenvalue weighted by molar-refractivity contribution is 0.660. The predicted molar refractivity (Wildman–Crippen MR) is 290 cm³/mol. The standard InChI is InChI=1S/C67H47N/c1-67(2)62-22-11-9-21-58(62)59-41-37-54(43-63(59)67)68(64-23-12-10-20-57(64)46-16-7-4-8-17-46)53-35-30-44(31-36-53)52-34-39-56(45-14-5-3-6-15-45)61(42-52)48-26-24-47(25-27-48)55-38-32-51-29-28-49-18-13-19-50-33-40-60(55)66(51)65(49)50/h3-43H,1-2H3. The normalized spacial score (nSPS) is 12.7. The Bertz CT molecular complexity index is 3830. The number of benzene rings is 12. The Kier molecular flexibility index (Phi) is 9.27. The fourth-order valence-electron chi connectivity index (χ4n) is 11.2. The number of hydrogen-bond acceptors (Lipinski definition) is 1. The quantitative estimate of drug-likeness (QED) is 0.138. The van der Waals surface area contributed by atoms with Crippen LogP contribution in [0.3, 0.4) is 0 Å². The SMILES string of the molecule is CC1(C)c2ccccc2-c2ccc(N(c3ccc(-c4ccc(-c5ccccc5)c(-c5ccc(-c6ccc7ccc8cccc9ccc6c7c89)cc5)c4)cc3)c3ccccc3-c3ccccc3)cc21. The van der Waals surface area contributed by atoms with Crippen molar-refractivity contribution in [2.24, 2.45) is 0 Å². The van der Waals surface area contributed by atoms with Crippen molar-refractivity contribution in [3.8, 4) is 66.8 Å². The molecule has 12 aromatic rings. The van der Waals surface area contributed by atoms with Crippen LogP contribution < -0.4 is 4.90 Å². The molecule has 12 aromatic carbocycles. The summed E-state index contributed by atoms with van der Waals surface area (Å²) in [5.41, 5.74) is 20.7. The molecule has 0 radical (unpaired) electrons. The van der Waals surface area contributed by atoms with Crippen LogP contribution in [0.25, 0.3) is 99.1 Å². The minimum absolute atomic E-state index is 0.121. The number of fused-ring (bicyclic) bond motifs is 3. The second kappa shape index (κ2) is 15.8. The molecule has 0 spiro atoms. The third-order valence-corrected chi connectivity index (χ3v) is 14.7. The van der Waals surface area contributed by atoms with Gasteiger partial charge in [-0.05, 0) is 141 Å². The summed E-state index contributed by atoms with van der Waals surface area (Å²) in [6.45, 7) is 4.72. The highest BCUT2D eigenvalue weighted by atomic mass is 15.1. The topological polar surface area (TPSA) is 3.24 Å². The first-order chi connectivity index (χ1) is 33.5. The fraction of sp³-hybridized carbons (Fsp3) is 0.0448. The Hall–Kier alpha value is -8.52. The fourth-order valence-corrected chi connectivity index (χ4v) is 11.2. The molecular formula is C67H47N. The summed E-state index contributed by atoms with van der Waals surface area (Å²) >= 11 is 0. The van der Waals surface area contributed by atoms with Crippen LogP contribution in [0.4, 0.5) is 17.1 Å². The molecule has 1 heteroatoms. The average molecular weight is 866 g/mol. The maximum Gasteiger partial charge on any atom is 0.0540 e. The van der Waals surface area contributed by atoms with Crippen LogP contribution in [0.2, 0.25) is 0 Å². The van der Waals surface area contributed by atoms with Crippen molar-refractivity contribution < 1.29 is 0 Å². The second-order valence-electron chi connectivity index (χ2n) is 18.8. The molecule has 1 aliphatic carbocycles. The van der Waals surface area contributed by atoms with Gasteiger partial charge in [-0.25, -0.2) is 0 Å². The largest absolute Gasteiger partial charge is 0.310 e. The first kappa shape index (κ1) is 39.8. The van der Waals surface area contributed by atoms with E-state index < -0.39 is 0 Å². The minimum Gasteiger partial charge on any atom is -0.310 e. The summed E-state index contributed by atoms with van der Waals surface area (Å²) in [5.74, 6) is 0. The van der Waals surface area contributed by atoms with Crippen molar-refractivity contribution in [1.82, 2.24) is 0 Å². The van der Waals surface area contributed by atoms with Crippen molar-refractivity contribution in [3.63, 3.8) is 0 Å². The number of nitrogens with zero attached hydrogens (tertiary/aromatic N) is 1. The lowest BCUT2D eigenvalue weighted by Crippen LogP contribution is -2.16. The molecule has 0 fully saturated rings. The number of para-hydroxylation sites is 1. The summed E-state index contributed by atoms with van der Waals surface area (Å²) in [5, 5.41) is 7.85. The third kappa shape index (κ3) is 6.46. The lowest BCUT2D eigenvalue weighted by Gasteiger charge is -2.30. The first-order valence-electron chi connectivity index (χ1n) is 23.7.